The second-order valence-electron chi connectivity index (χ2n) is 6.31. The Kier molecular flexibility index (Phi) is 6.89. The van der Waals surface area contributed by atoms with Crippen LogP contribution in [0.1, 0.15) is 22.6 Å². The minimum Gasteiger partial charge on any atom is -0.468 e. The average molecular weight is 379 g/mol. The number of anilines is 1. The van der Waals surface area contributed by atoms with E-state index >= 15 is 0 Å². The van der Waals surface area contributed by atoms with E-state index < -0.39 is 0 Å². The number of nitrogens with two attached hydrogens (primary N) is 1. The monoisotopic (exact) mass is 379 g/mol. The lowest BCUT2D eigenvalue weighted by Crippen LogP contribution is -2.08. The highest BCUT2D eigenvalue weighted by Gasteiger charge is 2.19. The number of nitrogen functional groups attached to an aromatic ring is 1. The fourth-order valence-corrected chi connectivity index (χ4v) is 3.11. The molecule has 5 heteroatoms. The van der Waals surface area contributed by atoms with E-state index in [0.717, 1.165) is 22.4 Å². The van der Waals surface area contributed by atoms with E-state index in [9.17, 15) is 0 Å². The number of benzene rings is 3. The van der Waals surface area contributed by atoms with E-state index in [2.05, 4.69) is 24.3 Å². The van der Waals surface area contributed by atoms with Gasteiger partial charge in [-0.05, 0) is 34.9 Å². The lowest BCUT2D eigenvalue weighted by Gasteiger charge is -2.21. The highest BCUT2D eigenvalue weighted by molar-refractivity contribution is 5.58. The number of hydrogen-bond acceptors (Lipinski definition) is 5. The molecule has 1 atom stereocenters. The van der Waals surface area contributed by atoms with Gasteiger partial charge in [0.05, 0.1) is 0 Å². The van der Waals surface area contributed by atoms with Crippen LogP contribution in [-0.2, 0) is 9.47 Å². The lowest BCUT2D eigenvalue weighted by atomic mass is 9.84. The maximum Gasteiger partial charge on any atom is 0.188 e. The molecule has 0 aliphatic carbocycles. The zero-order valence-electron chi connectivity index (χ0n) is 16.1. The quantitative estimate of drug-likeness (QED) is 0.339. The maximum atomic E-state index is 6.40. The van der Waals surface area contributed by atoms with Crippen LogP contribution in [-0.4, -0.2) is 27.8 Å². The first kappa shape index (κ1) is 19.7. The number of methoxy groups -OCH3 is 2. The third kappa shape index (κ3) is 4.82. The van der Waals surface area contributed by atoms with Gasteiger partial charge < -0.3 is 24.7 Å². The van der Waals surface area contributed by atoms with Crippen molar-refractivity contribution in [3.8, 4) is 11.5 Å². The molecule has 0 bridgehead atoms. The van der Waals surface area contributed by atoms with E-state index in [0.29, 0.717) is 11.4 Å². The number of hydrogen-bond donors (Lipinski definition) is 1. The molecule has 146 valence electrons. The summed E-state index contributed by atoms with van der Waals surface area (Å²) < 4.78 is 20.9. The lowest BCUT2D eigenvalue weighted by molar-refractivity contribution is 0.0510. The zero-order valence-corrected chi connectivity index (χ0v) is 16.1. The van der Waals surface area contributed by atoms with Gasteiger partial charge in [0.2, 0.25) is 0 Å². The average Bonchev–Trinajstić information content (AvgIpc) is 2.74. The molecule has 2 N–H and O–H groups in total. The van der Waals surface area contributed by atoms with Crippen molar-refractivity contribution in [1.29, 1.82) is 0 Å². The Morgan fingerprint density at radius 2 is 1.29 bits per heavy atom. The largest absolute Gasteiger partial charge is 0.468 e. The Morgan fingerprint density at radius 3 is 1.89 bits per heavy atom. The topological polar surface area (TPSA) is 62.9 Å². The summed E-state index contributed by atoms with van der Waals surface area (Å²) in [6.07, 6.45) is 0. The van der Waals surface area contributed by atoms with Crippen molar-refractivity contribution >= 4 is 5.69 Å². The van der Waals surface area contributed by atoms with Crippen molar-refractivity contribution in [3.05, 3.63) is 89.5 Å². The predicted octanol–water partition coefficient (Wildman–Crippen LogP) is 4.41. The van der Waals surface area contributed by atoms with Crippen LogP contribution in [0.4, 0.5) is 5.69 Å². The van der Waals surface area contributed by atoms with E-state index in [1.807, 2.05) is 48.5 Å². The van der Waals surface area contributed by atoms with Crippen LogP contribution in [0.25, 0.3) is 0 Å². The highest BCUT2D eigenvalue weighted by Crippen LogP contribution is 2.37. The smallest absolute Gasteiger partial charge is 0.188 e. The SMILES string of the molecule is COCOc1ccc(C(c2ccccc2)c2ccc(OCOC)cc2N)cc1. The van der Waals surface area contributed by atoms with Crippen molar-refractivity contribution in [1.82, 2.24) is 0 Å². The fourth-order valence-electron chi connectivity index (χ4n) is 3.11. The minimum atomic E-state index is -0.00542. The van der Waals surface area contributed by atoms with Crippen LogP contribution in [0.5, 0.6) is 11.5 Å². The molecule has 3 aromatic carbocycles. The van der Waals surface area contributed by atoms with Crippen molar-refractivity contribution in [3.63, 3.8) is 0 Å². The summed E-state index contributed by atoms with van der Waals surface area (Å²) in [5.74, 6) is 1.43. The molecule has 0 fully saturated rings. The molecule has 3 aromatic rings. The van der Waals surface area contributed by atoms with Gasteiger partial charge in [-0.1, -0.05) is 48.5 Å². The van der Waals surface area contributed by atoms with Gasteiger partial charge in [0, 0.05) is 31.9 Å². The van der Waals surface area contributed by atoms with Crippen LogP contribution >= 0.6 is 0 Å². The van der Waals surface area contributed by atoms with E-state index in [4.69, 9.17) is 24.7 Å². The van der Waals surface area contributed by atoms with E-state index in [-0.39, 0.29) is 19.5 Å². The summed E-state index contributed by atoms with van der Waals surface area (Å²) in [6.45, 7) is 0.404. The molecule has 0 spiro atoms. The fraction of sp³-hybridized carbons (Fsp3) is 0.217. The second kappa shape index (κ2) is 9.78. The molecule has 28 heavy (non-hydrogen) atoms. The molecule has 0 saturated heterocycles. The van der Waals surface area contributed by atoms with Crippen molar-refractivity contribution in [2.75, 3.05) is 33.5 Å². The molecule has 1 unspecified atom stereocenters. The molecule has 0 aliphatic heterocycles. The van der Waals surface area contributed by atoms with E-state index in [1.165, 1.54) is 0 Å². The molecule has 0 aliphatic rings. The summed E-state index contributed by atoms with van der Waals surface area (Å²) in [5, 5.41) is 0. The Bertz CT molecular complexity index is 866. The van der Waals surface area contributed by atoms with Gasteiger partial charge in [0.15, 0.2) is 13.6 Å². The predicted molar refractivity (Wildman–Crippen MR) is 110 cm³/mol. The maximum absolute atomic E-state index is 6.40. The van der Waals surface area contributed by atoms with Gasteiger partial charge in [-0.2, -0.15) is 0 Å². The van der Waals surface area contributed by atoms with Crippen LogP contribution in [0, 0.1) is 0 Å². The summed E-state index contributed by atoms with van der Waals surface area (Å²) in [5.41, 5.74) is 10.4. The van der Waals surface area contributed by atoms with Crippen LogP contribution < -0.4 is 15.2 Å². The summed E-state index contributed by atoms with van der Waals surface area (Å²) in [7, 11) is 3.19. The van der Waals surface area contributed by atoms with Gasteiger partial charge in [-0.3, -0.25) is 0 Å². The number of ether oxygens (including phenoxy) is 4. The van der Waals surface area contributed by atoms with Crippen LogP contribution in [0.3, 0.4) is 0 Å². The molecule has 3 rings (SSSR count). The van der Waals surface area contributed by atoms with Crippen LogP contribution in [0.2, 0.25) is 0 Å². The van der Waals surface area contributed by atoms with Gasteiger partial charge in [0.1, 0.15) is 11.5 Å². The van der Waals surface area contributed by atoms with Gasteiger partial charge in [-0.25, -0.2) is 0 Å². The Morgan fingerprint density at radius 1 is 0.714 bits per heavy atom. The van der Waals surface area contributed by atoms with Crippen molar-refractivity contribution in [2.45, 2.75) is 5.92 Å². The molecule has 0 amide bonds. The Balaban J connectivity index is 1.96. The molecule has 0 saturated carbocycles. The molecule has 5 nitrogen and oxygen atoms in total. The first-order chi connectivity index (χ1) is 13.7. The molecular formula is C23H25NO4. The third-order valence-electron chi connectivity index (χ3n) is 4.40. The third-order valence-corrected chi connectivity index (χ3v) is 4.40. The Hall–Kier alpha value is -3.02. The molecule has 0 heterocycles. The van der Waals surface area contributed by atoms with Gasteiger partial charge in [-0.15, -0.1) is 0 Å². The zero-order chi connectivity index (χ0) is 19.8. The minimum absolute atomic E-state index is 0.00542. The normalized spacial score (nSPS) is 11.8. The Labute approximate surface area is 165 Å². The van der Waals surface area contributed by atoms with Gasteiger partial charge >= 0.3 is 0 Å². The highest BCUT2D eigenvalue weighted by atomic mass is 16.7. The van der Waals surface area contributed by atoms with Crippen molar-refractivity contribution < 1.29 is 18.9 Å². The van der Waals surface area contributed by atoms with Crippen molar-refractivity contribution in [2.24, 2.45) is 0 Å². The first-order valence-corrected chi connectivity index (χ1v) is 9.00. The summed E-state index contributed by atoms with van der Waals surface area (Å²) in [6, 6.07) is 24.0. The molecule has 0 aromatic heterocycles. The second-order valence-corrected chi connectivity index (χ2v) is 6.31. The summed E-state index contributed by atoms with van der Waals surface area (Å²) >= 11 is 0. The van der Waals surface area contributed by atoms with E-state index in [1.54, 1.807) is 14.2 Å². The van der Waals surface area contributed by atoms with Crippen LogP contribution in [0.15, 0.2) is 72.8 Å². The van der Waals surface area contributed by atoms with Gasteiger partial charge in [0.25, 0.3) is 0 Å². The molecule has 0 radical (unpaired) electrons. The number of rotatable bonds is 9. The first-order valence-electron chi connectivity index (χ1n) is 9.00. The molecular weight excluding hydrogens is 354 g/mol. The summed E-state index contributed by atoms with van der Waals surface area (Å²) in [4.78, 5) is 0. The standard InChI is InChI=1S/C23H25NO4/c1-25-15-27-19-10-8-18(9-11-19)23(17-6-4-3-5-7-17)21-13-12-20(14-22(21)24)28-16-26-2/h3-14,23H,15-16,24H2,1-2H3.